The number of carbonyl (C=O) groups is 2. The van der Waals surface area contributed by atoms with Crippen molar-refractivity contribution in [3.05, 3.63) is 65.5 Å². The second kappa shape index (κ2) is 8.07. The molecule has 1 atom stereocenters. The van der Waals surface area contributed by atoms with E-state index in [1.807, 2.05) is 44.2 Å². The maximum atomic E-state index is 13.4. The smallest absolute Gasteiger partial charge is 0.254 e. The van der Waals surface area contributed by atoms with Gasteiger partial charge in [-0.15, -0.1) is 0 Å². The minimum absolute atomic E-state index is 0.0153. The molecule has 29 heavy (non-hydrogen) atoms. The minimum Gasteiger partial charge on any atom is -0.440 e. The van der Waals surface area contributed by atoms with Crippen LogP contribution in [-0.2, 0) is 11.3 Å². The lowest BCUT2D eigenvalue weighted by Crippen LogP contribution is -2.41. The van der Waals surface area contributed by atoms with Crippen molar-refractivity contribution in [2.45, 2.75) is 45.2 Å². The molecular weight excluding hydrogens is 366 g/mol. The minimum atomic E-state index is -0.0778. The Morgan fingerprint density at radius 2 is 2.03 bits per heavy atom. The van der Waals surface area contributed by atoms with Crippen LogP contribution >= 0.6 is 0 Å². The average Bonchev–Trinajstić information content (AvgIpc) is 3.33. The number of nitrogens with zero attached hydrogens (tertiary/aromatic N) is 2. The number of oxazole rings is 1. The quantitative estimate of drug-likeness (QED) is 0.692. The summed E-state index contributed by atoms with van der Waals surface area (Å²) in [6.07, 6.45) is 1.26. The number of nitrogens with one attached hydrogen (secondary N) is 1. The summed E-state index contributed by atoms with van der Waals surface area (Å²) >= 11 is 0. The number of benzene rings is 2. The molecule has 2 heterocycles. The van der Waals surface area contributed by atoms with E-state index in [4.69, 9.17) is 4.42 Å². The van der Waals surface area contributed by atoms with Gasteiger partial charge in [0.15, 0.2) is 11.5 Å². The van der Waals surface area contributed by atoms with Gasteiger partial charge in [-0.1, -0.05) is 44.2 Å². The van der Waals surface area contributed by atoms with Crippen LogP contribution < -0.4 is 5.32 Å². The summed E-state index contributed by atoms with van der Waals surface area (Å²) in [6, 6.07) is 15.3. The molecule has 0 spiro atoms. The molecule has 1 fully saturated rings. The Bertz CT molecular complexity index is 1030. The van der Waals surface area contributed by atoms with Gasteiger partial charge in [0, 0.05) is 37.0 Å². The van der Waals surface area contributed by atoms with E-state index < -0.39 is 0 Å². The van der Waals surface area contributed by atoms with Crippen LogP contribution in [0.15, 0.2) is 52.9 Å². The predicted octanol–water partition coefficient (Wildman–Crippen LogP) is 3.87. The topological polar surface area (TPSA) is 75.4 Å². The largest absolute Gasteiger partial charge is 0.440 e. The molecule has 0 aliphatic carbocycles. The summed E-state index contributed by atoms with van der Waals surface area (Å²) in [4.78, 5) is 31.3. The Morgan fingerprint density at radius 1 is 1.24 bits per heavy atom. The molecule has 4 rings (SSSR count). The van der Waals surface area contributed by atoms with Crippen molar-refractivity contribution in [2.75, 3.05) is 6.54 Å². The highest BCUT2D eigenvalue weighted by Crippen LogP contribution is 2.23. The number of amides is 2. The number of fused-ring (bicyclic) bond motifs is 1. The molecule has 3 aromatic rings. The molecule has 0 radical (unpaired) electrons. The maximum absolute atomic E-state index is 13.4. The van der Waals surface area contributed by atoms with Gasteiger partial charge in [0.2, 0.25) is 5.91 Å². The highest BCUT2D eigenvalue weighted by atomic mass is 16.3. The molecule has 0 saturated carbocycles. The van der Waals surface area contributed by atoms with E-state index in [0.29, 0.717) is 42.1 Å². The third-order valence-electron chi connectivity index (χ3n) is 5.17. The SMILES string of the molecule is CC(C)c1nc2cc(C(=O)N(Cc3ccccc3)C[C@@H]3CCC(=O)N3)ccc2o1. The first kappa shape index (κ1) is 19.2. The van der Waals surface area contributed by atoms with Gasteiger partial charge in [-0.25, -0.2) is 4.98 Å². The van der Waals surface area contributed by atoms with E-state index >= 15 is 0 Å². The van der Waals surface area contributed by atoms with Gasteiger partial charge in [-0.2, -0.15) is 0 Å². The zero-order valence-electron chi connectivity index (χ0n) is 16.7. The van der Waals surface area contributed by atoms with Crippen molar-refractivity contribution < 1.29 is 14.0 Å². The summed E-state index contributed by atoms with van der Waals surface area (Å²) in [5, 5.41) is 2.96. The first-order valence-electron chi connectivity index (χ1n) is 10.0. The summed E-state index contributed by atoms with van der Waals surface area (Å²) in [6.45, 7) is 5.01. The van der Waals surface area contributed by atoms with Crippen LogP contribution in [0.4, 0.5) is 0 Å². The molecule has 1 saturated heterocycles. The van der Waals surface area contributed by atoms with Crippen LogP contribution in [-0.4, -0.2) is 34.3 Å². The van der Waals surface area contributed by atoms with Gasteiger partial charge in [0.05, 0.1) is 0 Å². The molecule has 2 aromatic carbocycles. The van der Waals surface area contributed by atoms with Gasteiger partial charge in [-0.3, -0.25) is 9.59 Å². The molecule has 6 nitrogen and oxygen atoms in total. The van der Waals surface area contributed by atoms with Crippen molar-refractivity contribution in [3.8, 4) is 0 Å². The Labute approximate surface area is 169 Å². The van der Waals surface area contributed by atoms with Crippen molar-refractivity contribution in [3.63, 3.8) is 0 Å². The fraction of sp³-hybridized carbons (Fsp3) is 0.348. The van der Waals surface area contributed by atoms with E-state index in [2.05, 4.69) is 10.3 Å². The number of hydrogen-bond acceptors (Lipinski definition) is 4. The first-order valence-corrected chi connectivity index (χ1v) is 10.0. The Kier molecular flexibility index (Phi) is 5.34. The van der Waals surface area contributed by atoms with Crippen LogP contribution in [0.5, 0.6) is 0 Å². The molecule has 6 heteroatoms. The van der Waals surface area contributed by atoms with Crippen molar-refractivity contribution in [2.24, 2.45) is 0 Å². The van der Waals surface area contributed by atoms with Crippen LogP contribution in [0, 0.1) is 0 Å². The Balaban J connectivity index is 1.60. The molecule has 1 N–H and O–H groups in total. The van der Waals surface area contributed by atoms with Gasteiger partial charge in [0.25, 0.3) is 5.91 Å². The van der Waals surface area contributed by atoms with Gasteiger partial charge >= 0.3 is 0 Å². The third kappa shape index (κ3) is 4.31. The lowest BCUT2D eigenvalue weighted by molar-refractivity contribution is -0.119. The number of rotatable bonds is 6. The summed E-state index contributed by atoms with van der Waals surface area (Å²) in [7, 11) is 0. The predicted molar refractivity (Wildman–Crippen MR) is 110 cm³/mol. The Morgan fingerprint density at radius 3 is 2.72 bits per heavy atom. The van der Waals surface area contributed by atoms with Gasteiger partial charge in [-0.05, 0) is 30.2 Å². The molecule has 150 valence electrons. The molecule has 1 aromatic heterocycles. The van der Waals surface area contributed by atoms with Crippen LogP contribution in [0.2, 0.25) is 0 Å². The first-order chi connectivity index (χ1) is 14.0. The lowest BCUT2D eigenvalue weighted by atomic mass is 10.1. The van der Waals surface area contributed by atoms with Crippen molar-refractivity contribution in [1.29, 1.82) is 0 Å². The normalized spacial score (nSPS) is 16.4. The number of hydrogen-bond donors (Lipinski definition) is 1. The fourth-order valence-corrected chi connectivity index (χ4v) is 3.61. The summed E-state index contributed by atoms with van der Waals surface area (Å²) in [5.74, 6) is 0.819. The molecule has 0 unspecified atom stereocenters. The maximum Gasteiger partial charge on any atom is 0.254 e. The summed E-state index contributed by atoms with van der Waals surface area (Å²) < 4.78 is 5.76. The van der Waals surface area contributed by atoms with E-state index in [1.165, 1.54) is 0 Å². The van der Waals surface area contributed by atoms with E-state index in [0.717, 1.165) is 12.0 Å². The van der Waals surface area contributed by atoms with E-state index in [9.17, 15) is 9.59 Å². The Hall–Kier alpha value is -3.15. The summed E-state index contributed by atoms with van der Waals surface area (Å²) in [5.41, 5.74) is 2.99. The molecule has 1 aliphatic rings. The second-order valence-electron chi connectivity index (χ2n) is 7.86. The zero-order chi connectivity index (χ0) is 20.4. The molecular formula is C23H25N3O3. The van der Waals surface area contributed by atoms with Crippen LogP contribution in [0.1, 0.15) is 54.4 Å². The van der Waals surface area contributed by atoms with Crippen LogP contribution in [0.25, 0.3) is 11.1 Å². The number of aromatic nitrogens is 1. The highest BCUT2D eigenvalue weighted by molar-refractivity contribution is 5.97. The van der Waals surface area contributed by atoms with Crippen molar-refractivity contribution in [1.82, 2.24) is 15.2 Å². The van der Waals surface area contributed by atoms with Crippen LogP contribution in [0.3, 0.4) is 0 Å². The standard InChI is InChI=1S/C23H25N3O3/c1-15(2)22-25-19-12-17(8-10-20(19)29-22)23(28)26(13-16-6-4-3-5-7-16)14-18-9-11-21(27)24-18/h3-8,10,12,15,18H,9,11,13-14H2,1-2H3,(H,24,27)/t18-/m0/s1. The lowest BCUT2D eigenvalue weighted by Gasteiger charge is -2.26. The molecule has 0 bridgehead atoms. The molecule has 2 amide bonds. The zero-order valence-corrected chi connectivity index (χ0v) is 16.7. The average molecular weight is 391 g/mol. The van der Waals surface area contributed by atoms with E-state index in [1.54, 1.807) is 23.1 Å². The molecule has 1 aliphatic heterocycles. The number of carbonyl (C=O) groups excluding carboxylic acids is 2. The second-order valence-corrected chi connectivity index (χ2v) is 7.86. The highest BCUT2D eigenvalue weighted by Gasteiger charge is 2.26. The third-order valence-corrected chi connectivity index (χ3v) is 5.17. The van der Waals surface area contributed by atoms with Crippen molar-refractivity contribution >= 4 is 22.9 Å². The monoisotopic (exact) mass is 391 g/mol. The fourth-order valence-electron chi connectivity index (χ4n) is 3.61. The van der Waals surface area contributed by atoms with E-state index in [-0.39, 0.29) is 23.8 Å². The van der Waals surface area contributed by atoms with Gasteiger partial charge in [0.1, 0.15) is 5.52 Å². The van der Waals surface area contributed by atoms with Gasteiger partial charge < -0.3 is 14.6 Å².